The van der Waals surface area contributed by atoms with Crippen LogP contribution in [0.3, 0.4) is 0 Å². The Morgan fingerprint density at radius 3 is 2.44 bits per heavy atom. The highest BCUT2D eigenvalue weighted by Gasteiger charge is 2.35. The molecule has 6 heteroatoms. The number of esters is 1. The highest BCUT2D eigenvalue weighted by atomic mass is 16.5. The van der Waals surface area contributed by atoms with Gasteiger partial charge in [-0.3, -0.25) is 14.4 Å². The molecule has 0 radical (unpaired) electrons. The number of hydrogen-bond donors (Lipinski definition) is 0. The molecule has 0 saturated carbocycles. The van der Waals surface area contributed by atoms with E-state index in [0.29, 0.717) is 18.5 Å². The molecular formula is C19H20N2O4. The molecule has 3 rings (SSSR count). The number of piperidine rings is 1. The minimum absolute atomic E-state index is 0.0539. The zero-order chi connectivity index (χ0) is 17.8. The highest BCUT2D eigenvalue weighted by Crippen LogP contribution is 2.19. The zero-order valence-electron chi connectivity index (χ0n) is 14.1. The Morgan fingerprint density at radius 2 is 1.84 bits per heavy atom. The molecule has 0 bridgehead atoms. The Hall–Kier alpha value is -2.89. The molecule has 1 amide bonds. The lowest BCUT2D eigenvalue weighted by Gasteiger charge is -2.29. The number of rotatable bonds is 4. The van der Waals surface area contributed by atoms with E-state index in [2.05, 4.69) is 0 Å². The molecule has 1 aromatic carbocycles. The van der Waals surface area contributed by atoms with Crippen LogP contribution >= 0.6 is 0 Å². The molecule has 2 heterocycles. The predicted molar refractivity (Wildman–Crippen MR) is 91.4 cm³/mol. The second-order valence-electron chi connectivity index (χ2n) is 5.92. The van der Waals surface area contributed by atoms with Crippen molar-refractivity contribution in [1.29, 1.82) is 0 Å². The summed E-state index contributed by atoms with van der Waals surface area (Å²) in [6.07, 6.45) is 4.16. The molecule has 1 saturated heterocycles. The first-order chi connectivity index (χ1) is 12.1. The third-order valence-corrected chi connectivity index (χ3v) is 4.30. The third-order valence-electron chi connectivity index (χ3n) is 4.30. The van der Waals surface area contributed by atoms with Crippen LogP contribution in [0.4, 0.5) is 0 Å². The summed E-state index contributed by atoms with van der Waals surface area (Å²) < 4.78 is 6.86. The van der Waals surface area contributed by atoms with Gasteiger partial charge in [-0.2, -0.15) is 0 Å². The van der Waals surface area contributed by atoms with E-state index in [1.165, 1.54) is 4.90 Å². The molecular weight excluding hydrogens is 320 g/mol. The summed E-state index contributed by atoms with van der Waals surface area (Å²) in [6.45, 7) is 2.27. The number of ketones is 1. The predicted octanol–water partition coefficient (Wildman–Crippen LogP) is 2.07. The van der Waals surface area contributed by atoms with E-state index >= 15 is 0 Å². The maximum absolute atomic E-state index is 12.6. The standard InChI is InChI=1S/C19H20N2O4/c1-2-25-19(24)16-9-12-21(13-17(16)22)18(23)14-5-7-15(8-6-14)20-10-3-4-11-20/h3-8,10-11,16H,2,9,12-13H2,1H3. The summed E-state index contributed by atoms with van der Waals surface area (Å²) in [4.78, 5) is 38.0. The van der Waals surface area contributed by atoms with Crippen molar-refractivity contribution in [3.8, 4) is 5.69 Å². The fourth-order valence-corrected chi connectivity index (χ4v) is 2.95. The lowest BCUT2D eigenvalue weighted by atomic mass is 9.95. The van der Waals surface area contributed by atoms with Gasteiger partial charge in [0.2, 0.25) is 0 Å². The third kappa shape index (κ3) is 3.63. The number of Topliss-reactive ketones (excluding diaryl/α,β-unsaturated/α-hetero) is 1. The first-order valence-electron chi connectivity index (χ1n) is 8.32. The molecule has 1 atom stereocenters. The summed E-state index contributed by atoms with van der Waals surface area (Å²) >= 11 is 0. The van der Waals surface area contributed by atoms with Crippen molar-refractivity contribution in [2.45, 2.75) is 13.3 Å². The van der Waals surface area contributed by atoms with E-state index in [4.69, 9.17) is 4.74 Å². The number of nitrogens with zero attached hydrogens (tertiary/aromatic N) is 2. The molecule has 1 aliphatic heterocycles. The molecule has 1 unspecified atom stereocenters. The zero-order valence-corrected chi connectivity index (χ0v) is 14.1. The molecule has 6 nitrogen and oxygen atoms in total. The first kappa shape index (κ1) is 17.0. The maximum atomic E-state index is 12.6. The van der Waals surface area contributed by atoms with Gasteiger partial charge in [-0.25, -0.2) is 0 Å². The Balaban J connectivity index is 1.66. The van der Waals surface area contributed by atoms with Crippen molar-refractivity contribution in [3.05, 3.63) is 54.4 Å². The van der Waals surface area contributed by atoms with Gasteiger partial charge in [0, 0.05) is 30.2 Å². The summed E-state index contributed by atoms with van der Waals surface area (Å²) in [5.74, 6) is -1.70. The lowest BCUT2D eigenvalue weighted by molar-refractivity contribution is -0.153. The van der Waals surface area contributed by atoms with E-state index in [1.54, 1.807) is 19.1 Å². The van der Waals surface area contributed by atoms with Gasteiger partial charge >= 0.3 is 5.97 Å². The van der Waals surface area contributed by atoms with Gasteiger partial charge in [0.05, 0.1) is 13.2 Å². The van der Waals surface area contributed by atoms with E-state index in [9.17, 15) is 14.4 Å². The number of carbonyl (C=O) groups excluding carboxylic acids is 3. The summed E-state index contributed by atoms with van der Waals surface area (Å²) in [7, 11) is 0. The van der Waals surface area contributed by atoms with Gasteiger partial charge in [-0.15, -0.1) is 0 Å². The first-order valence-corrected chi connectivity index (χ1v) is 8.32. The van der Waals surface area contributed by atoms with Crippen LogP contribution in [0.5, 0.6) is 0 Å². The van der Waals surface area contributed by atoms with Gasteiger partial charge in [0.25, 0.3) is 5.91 Å². The second kappa shape index (κ2) is 7.34. The Labute approximate surface area is 146 Å². The van der Waals surface area contributed by atoms with Gasteiger partial charge in [-0.05, 0) is 49.7 Å². The van der Waals surface area contributed by atoms with Crippen molar-refractivity contribution < 1.29 is 19.1 Å². The second-order valence-corrected chi connectivity index (χ2v) is 5.92. The van der Waals surface area contributed by atoms with Gasteiger partial charge < -0.3 is 14.2 Å². The number of carbonyl (C=O) groups is 3. The maximum Gasteiger partial charge on any atom is 0.316 e. The number of ether oxygens (including phenoxy) is 1. The van der Waals surface area contributed by atoms with Crippen molar-refractivity contribution in [2.24, 2.45) is 5.92 Å². The van der Waals surface area contributed by atoms with Crippen molar-refractivity contribution in [3.63, 3.8) is 0 Å². The fraction of sp³-hybridized carbons (Fsp3) is 0.316. The van der Waals surface area contributed by atoms with Crippen LogP contribution in [-0.4, -0.2) is 46.8 Å². The van der Waals surface area contributed by atoms with E-state index < -0.39 is 11.9 Å². The molecule has 2 aromatic rings. The molecule has 0 spiro atoms. The van der Waals surface area contributed by atoms with Crippen LogP contribution < -0.4 is 0 Å². The quantitative estimate of drug-likeness (QED) is 0.631. The molecule has 0 N–H and O–H groups in total. The van der Waals surface area contributed by atoms with Crippen LogP contribution in [0.2, 0.25) is 0 Å². The van der Waals surface area contributed by atoms with E-state index in [-0.39, 0.29) is 24.8 Å². The van der Waals surface area contributed by atoms with Gasteiger partial charge in [0.15, 0.2) is 5.78 Å². The van der Waals surface area contributed by atoms with Crippen LogP contribution in [0.1, 0.15) is 23.7 Å². The number of benzene rings is 1. The Bertz CT molecular complexity index is 765. The largest absolute Gasteiger partial charge is 0.465 e. The number of aromatic nitrogens is 1. The van der Waals surface area contributed by atoms with Crippen molar-refractivity contribution in [2.75, 3.05) is 19.7 Å². The van der Waals surface area contributed by atoms with Crippen molar-refractivity contribution in [1.82, 2.24) is 9.47 Å². The van der Waals surface area contributed by atoms with Gasteiger partial charge in [0.1, 0.15) is 5.92 Å². The van der Waals surface area contributed by atoms with Crippen LogP contribution in [0, 0.1) is 5.92 Å². The average molecular weight is 340 g/mol. The molecule has 1 fully saturated rings. The highest BCUT2D eigenvalue weighted by molar-refractivity contribution is 6.04. The van der Waals surface area contributed by atoms with E-state index in [0.717, 1.165) is 5.69 Å². The van der Waals surface area contributed by atoms with E-state index in [1.807, 2.05) is 41.2 Å². The monoisotopic (exact) mass is 340 g/mol. The Kier molecular flexibility index (Phi) is 4.97. The SMILES string of the molecule is CCOC(=O)C1CCN(C(=O)c2ccc(-n3cccc3)cc2)CC1=O. The number of likely N-dealkylation sites (tertiary alicyclic amines) is 1. The Morgan fingerprint density at radius 1 is 1.16 bits per heavy atom. The topological polar surface area (TPSA) is 68.6 Å². The number of amides is 1. The van der Waals surface area contributed by atoms with Crippen LogP contribution in [-0.2, 0) is 14.3 Å². The fourth-order valence-electron chi connectivity index (χ4n) is 2.95. The molecule has 1 aliphatic rings. The minimum atomic E-state index is -0.750. The van der Waals surface area contributed by atoms with Crippen molar-refractivity contribution >= 4 is 17.7 Å². The molecule has 0 aliphatic carbocycles. The minimum Gasteiger partial charge on any atom is -0.465 e. The van der Waals surface area contributed by atoms with Gasteiger partial charge in [-0.1, -0.05) is 0 Å². The summed E-state index contributed by atoms with van der Waals surface area (Å²) in [5, 5.41) is 0. The summed E-state index contributed by atoms with van der Waals surface area (Å²) in [6, 6.07) is 11.1. The molecule has 25 heavy (non-hydrogen) atoms. The molecule has 1 aromatic heterocycles. The van der Waals surface area contributed by atoms with Crippen LogP contribution in [0.25, 0.3) is 5.69 Å². The van der Waals surface area contributed by atoms with Crippen LogP contribution in [0.15, 0.2) is 48.8 Å². The normalized spacial score (nSPS) is 17.4. The number of hydrogen-bond acceptors (Lipinski definition) is 4. The summed E-state index contributed by atoms with van der Waals surface area (Å²) in [5.41, 5.74) is 1.48. The average Bonchev–Trinajstić information content (AvgIpc) is 3.16. The molecule has 130 valence electrons. The lowest BCUT2D eigenvalue weighted by Crippen LogP contribution is -2.46. The smallest absolute Gasteiger partial charge is 0.316 e.